The van der Waals surface area contributed by atoms with E-state index in [1.165, 1.54) is 19.2 Å². The number of sulfone groups is 1. The van der Waals surface area contributed by atoms with Crippen molar-refractivity contribution in [2.45, 2.75) is 23.5 Å². The number of anilines is 2. The van der Waals surface area contributed by atoms with Crippen LogP contribution in [0.3, 0.4) is 0 Å². The van der Waals surface area contributed by atoms with Gasteiger partial charge in [0.1, 0.15) is 17.6 Å². The largest absolute Gasteiger partial charge is 0.495 e. The van der Waals surface area contributed by atoms with Crippen LogP contribution in [0.5, 0.6) is 5.75 Å². The molecule has 0 spiro atoms. The number of piperidine rings is 1. The number of nitrogens with one attached hydrogen (secondary N) is 3. The van der Waals surface area contributed by atoms with Gasteiger partial charge in [0.2, 0.25) is 0 Å². The Morgan fingerprint density at radius 1 is 1.37 bits per heavy atom. The minimum absolute atomic E-state index is 0.180. The number of nitrogens with zero attached hydrogens (tertiary/aromatic N) is 2. The van der Waals surface area contributed by atoms with E-state index < -0.39 is 16.0 Å². The molecule has 2 aromatic heterocycles. The van der Waals surface area contributed by atoms with Crippen molar-refractivity contribution in [2.75, 3.05) is 43.6 Å². The molecule has 1 aliphatic heterocycles. The Labute approximate surface area is 204 Å². The minimum Gasteiger partial charge on any atom is -0.495 e. The van der Waals surface area contributed by atoms with Gasteiger partial charge in [0.15, 0.2) is 15.5 Å². The molecule has 1 aromatic carbocycles. The standard InChI is InChI=1S/C25H28FN5O3S/c1-4-23-20(7-5-12-28-21-10-9-17(35(3,32)33)15-24(21)34-2)30-25-22(8-6-14-31(23)25)29-19-11-13-27-16-18(19)26/h4,6,8-10,14-15,18-19,27-29H,1,11-13,16H2,2-3H3/t18-,19+/m0/s1. The first-order valence-corrected chi connectivity index (χ1v) is 13.1. The average molecular weight is 498 g/mol. The molecule has 3 aromatic rings. The van der Waals surface area contributed by atoms with Gasteiger partial charge in [-0.25, -0.2) is 17.8 Å². The Morgan fingerprint density at radius 2 is 2.20 bits per heavy atom. The first kappa shape index (κ1) is 24.6. The number of hydrogen-bond acceptors (Lipinski definition) is 7. The molecule has 1 saturated heterocycles. The maximum absolute atomic E-state index is 14.3. The third-order valence-corrected chi connectivity index (χ3v) is 6.91. The zero-order valence-electron chi connectivity index (χ0n) is 19.6. The summed E-state index contributed by atoms with van der Waals surface area (Å²) in [4.78, 5) is 4.87. The van der Waals surface area contributed by atoms with Crippen LogP contribution in [0.25, 0.3) is 11.7 Å². The van der Waals surface area contributed by atoms with Crippen LogP contribution < -0.4 is 20.7 Å². The molecule has 0 unspecified atom stereocenters. The number of hydrogen-bond donors (Lipinski definition) is 3. The fourth-order valence-corrected chi connectivity index (χ4v) is 4.62. The SMILES string of the molecule is C=Cc1c(C#CCNc2ccc(S(C)(=O)=O)cc2OC)nc2c(N[C@@H]3CCNC[C@@H]3F)cccn12. The van der Waals surface area contributed by atoms with E-state index in [1.807, 2.05) is 22.7 Å². The van der Waals surface area contributed by atoms with Crippen LogP contribution >= 0.6 is 0 Å². The fraction of sp³-hybridized carbons (Fsp3) is 0.320. The lowest BCUT2D eigenvalue weighted by molar-refractivity contribution is 0.245. The van der Waals surface area contributed by atoms with Gasteiger partial charge in [-0.05, 0) is 49.2 Å². The van der Waals surface area contributed by atoms with Gasteiger partial charge < -0.3 is 20.7 Å². The van der Waals surface area contributed by atoms with Gasteiger partial charge in [-0.3, -0.25) is 4.40 Å². The zero-order valence-corrected chi connectivity index (χ0v) is 20.5. The van der Waals surface area contributed by atoms with E-state index in [2.05, 4.69) is 39.4 Å². The minimum atomic E-state index is -3.33. The average Bonchev–Trinajstić information content (AvgIpc) is 3.21. The second-order valence-corrected chi connectivity index (χ2v) is 10.2. The van der Waals surface area contributed by atoms with Crippen LogP contribution in [0, 0.1) is 11.8 Å². The summed E-state index contributed by atoms with van der Waals surface area (Å²) in [5.41, 5.74) is 3.32. The zero-order chi connectivity index (χ0) is 25.0. The van der Waals surface area contributed by atoms with Crippen LogP contribution in [0.15, 0.2) is 48.0 Å². The maximum Gasteiger partial charge on any atom is 0.175 e. The number of benzene rings is 1. The van der Waals surface area contributed by atoms with Crippen molar-refractivity contribution in [1.82, 2.24) is 14.7 Å². The van der Waals surface area contributed by atoms with Gasteiger partial charge >= 0.3 is 0 Å². The van der Waals surface area contributed by atoms with Crippen LogP contribution in [-0.4, -0.2) is 63.0 Å². The van der Waals surface area contributed by atoms with Crippen LogP contribution in [0.4, 0.5) is 15.8 Å². The molecular weight excluding hydrogens is 469 g/mol. The van der Waals surface area contributed by atoms with Gasteiger partial charge in [-0.1, -0.05) is 12.5 Å². The van der Waals surface area contributed by atoms with Gasteiger partial charge in [0, 0.05) is 25.1 Å². The van der Waals surface area contributed by atoms with Gasteiger partial charge in [0.25, 0.3) is 0 Å². The van der Waals surface area contributed by atoms with Crippen molar-refractivity contribution < 1.29 is 17.5 Å². The van der Waals surface area contributed by atoms with Gasteiger partial charge in [-0.2, -0.15) is 0 Å². The predicted octanol–water partition coefficient (Wildman–Crippen LogP) is 2.96. The molecule has 0 saturated carbocycles. The molecule has 0 amide bonds. The molecule has 8 nitrogen and oxygen atoms in total. The third-order valence-electron chi connectivity index (χ3n) is 5.80. The van der Waals surface area contributed by atoms with Crippen LogP contribution in [-0.2, 0) is 9.84 Å². The van der Waals surface area contributed by atoms with Crippen molar-refractivity contribution in [3.8, 4) is 17.6 Å². The molecule has 3 heterocycles. The molecule has 0 aliphatic carbocycles. The molecule has 4 rings (SSSR count). The van der Waals surface area contributed by atoms with E-state index in [4.69, 9.17) is 4.74 Å². The smallest absolute Gasteiger partial charge is 0.175 e. The molecule has 0 radical (unpaired) electrons. The number of halogens is 1. The van der Waals surface area contributed by atoms with Crippen molar-refractivity contribution in [3.05, 3.63) is 54.5 Å². The number of imidazole rings is 1. The summed E-state index contributed by atoms with van der Waals surface area (Å²) in [6, 6.07) is 8.12. The summed E-state index contributed by atoms with van der Waals surface area (Å²) < 4.78 is 45.1. The summed E-state index contributed by atoms with van der Waals surface area (Å²) in [5.74, 6) is 6.53. The molecule has 10 heteroatoms. The highest BCUT2D eigenvalue weighted by molar-refractivity contribution is 7.90. The highest BCUT2D eigenvalue weighted by atomic mass is 32.2. The Morgan fingerprint density at radius 3 is 2.91 bits per heavy atom. The van der Waals surface area contributed by atoms with Crippen LogP contribution in [0.2, 0.25) is 0 Å². The lowest BCUT2D eigenvalue weighted by Crippen LogP contribution is -2.45. The Hall–Kier alpha value is -3.55. The molecular formula is C25H28FN5O3S. The van der Waals surface area contributed by atoms with Crippen molar-refractivity contribution >= 4 is 32.9 Å². The summed E-state index contributed by atoms with van der Waals surface area (Å²) >= 11 is 0. The van der Waals surface area contributed by atoms with Crippen molar-refractivity contribution in [1.29, 1.82) is 0 Å². The normalized spacial score (nSPS) is 17.9. The number of aromatic nitrogens is 2. The lowest BCUT2D eigenvalue weighted by Gasteiger charge is -2.28. The van der Waals surface area contributed by atoms with E-state index >= 15 is 0 Å². The maximum atomic E-state index is 14.3. The number of fused-ring (bicyclic) bond motifs is 1. The number of alkyl halides is 1. The summed E-state index contributed by atoms with van der Waals surface area (Å²) in [6.45, 7) is 5.27. The van der Waals surface area contributed by atoms with Gasteiger partial charge in [0.05, 0.1) is 41.7 Å². The van der Waals surface area contributed by atoms with Gasteiger partial charge in [-0.15, -0.1) is 0 Å². The summed E-state index contributed by atoms with van der Waals surface area (Å²) in [7, 11) is -1.86. The highest BCUT2D eigenvalue weighted by Crippen LogP contribution is 2.27. The van der Waals surface area contributed by atoms with E-state index in [9.17, 15) is 12.8 Å². The van der Waals surface area contributed by atoms with E-state index in [1.54, 1.807) is 12.1 Å². The second-order valence-electron chi connectivity index (χ2n) is 8.21. The Bertz CT molecular complexity index is 1410. The summed E-state index contributed by atoms with van der Waals surface area (Å²) in [6.07, 6.45) is 4.42. The predicted molar refractivity (Wildman–Crippen MR) is 137 cm³/mol. The molecule has 2 atom stereocenters. The number of ether oxygens (including phenoxy) is 1. The molecule has 35 heavy (non-hydrogen) atoms. The first-order valence-electron chi connectivity index (χ1n) is 11.2. The monoisotopic (exact) mass is 497 g/mol. The van der Waals surface area contributed by atoms with E-state index in [-0.39, 0.29) is 17.5 Å². The fourth-order valence-electron chi connectivity index (χ4n) is 3.98. The molecule has 1 fully saturated rings. The van der Waals surface area contributed by atoms with Crippen molar-refractivity contribution in [2.24, 2.45) is 0 Å². The van der Waals surface area contributed by atoms with E-state index in [0.29, 0.717) is 35.7 Å². The van der Waals surface area contributed by atoms with Crippen LogP contribution in [0.1, 0.15) is 17.8 Å². The Balaban J connectivity index is 1.54. The molecule has 1 aliphatic rings. The van der Waals surface area contributed by atoms with Crippen molar-refractivity contribution in [3.63, 3.8) is 0 Å². The number of pyridine rings is 1. The highest BCUT2D eigenvalue weighted by Gasteiger charge is 2.25. The first-order chi connectivity index (χ1) is 16.8. The molecule has 0 bridgehead atoms. The van der Waals surface area contributed by atoms with E-state index in [0.717, 1.165) is 24.2 Å². The number of rotatable bonds is 7. The third kappa shape index (κ3) is 5.42. The molecule has 3 N–H and O–H groups in total. The summed E-state index contributed by atoms with van der Waals surface area (Å²) in [5, 5.41) is 9.50. The lowest BCUT2D eigenvalue weighted by atomic mass is 10.0. The Kier molecular flexibility index (Phi) is 7.28. The molecule has 184 valence electrons. The quantitative estimate of drug-likeness (QED) is 0.432. The topological polar surface area (TPSA) is 96.8 Å². The second kappa shape index (κ2) is 10.4. The number of methoxy groups -OCH3 is 1.